The summed E-state index contributed by atoms with van der Waals surface area (Å²) in [5.74, 6) is -0.242. The minimum atomic E-state index is -0.811. The number of rotatable bonds is 8. The average Bonchev–Trinajstić information content (AvgIpc) is 3.63. The van der Waals surface area contributed by atoms with Gasteiger partial charge in [-0.25, -0.2) is 9.36 Å². The van der Waals surface area contributed by atoms with Gasteiger partial charge in [0.15, 0.2) is 0 Å². The summed E-state index contributed by atoms with van der Waals surface area (Å²) in [7, 11) is 1.60. The number of hydrogen-bond acceptors (Lipinski definition) is 3. The third-order valence-corrected chi connectivity index (χ3v) is 8.03. The molecule has 0 spiro atoms. The Hall–Kier alpha value is -6.08. The number of para-hydroxylation sites is 3. The summed E-state index contributed by atoms with van der Waals surface area (Å²) >= 11 is 0. The van der Waals surface area contributed by atoms with Gasteiger partial charge in [0, 0.05) is 5.56 Å². The first-order valence-electron chi connectivity index (χ1n) is 14.7. The summed E-state index contributed by atoms with van der Waals surface area (Å²) in [5, 5.41) is 6.80. The van der Waals surface area contributed by atoms with Crippen molar-refractivity contribution in [2.75, 3.05) is 7.11 Å². The van der Waals surface area contributed by atoms with E-state index < -0.39 is 5.92 Å². The minimum Gasteiger partial charge on any atom is -0.496 e. The van der Waals surface area contributed by atoms with E-state index in [1.165, 1.54) is 0 Å². The monoisotopic (exact) mass is 590 g/mol. The second kappa shape index (κ2) is 11.9. The third-order valence-electron chi connectivity index (χ3n) is 8.03. The Balaban J connectivity index is 1.62. The van der Waals surface area contributed by atoms with E-state index in [2.05, 4.69) is 10.2 Å². The molecule has 0 fully saturated rings. The number of methoxy groups -OCH3 is 1. The summed E-state index contributed by atoms with van der Waals surface area (Å²) in [6, 6.07) is 45.9. The second-order valence-electron chi connectivity index (χ2n) is 10.7. The van der Waals surface area contributed by atoms with Crippen LogP contribution in [-0.4, -0.2) is 26.7 Å². The first kappa shape index (κ1) is 27.7. The fourth-order valence-corrected chi connectivity index (χ4v) is 5.96. The summed E-state index contributed by atoms with van der Waals surface area (Å²) in [4.78, 5) is 29.5. The third kappa shape index (κ3) is 5.00. The lowest BCUT2D eigenvalue weighted by Crippen LogP contribution is -2.25. The Morgan fingerprint density at radius 3 is 1.31 bits per heavy atom. The van der Waals surface area contributed by atoms with Gasteiger partial charge < -0.3 is 4.74 Å². The normalized spacial score (nSPS) is 11.2. The number of nitrogens with zero attached hydrogens (tertiary/aromatic N) is 2. The maximum absolute atomic E-state index is 14.8. The van der Waals surface area contributed by atoms with Gasteiger partial charge in [0.1, 0.15) is 5.75 Å². The molecule has 7 heteroatoms. The summed E-state index contributed by atoms with van der Waals surface area (Å²) in [5.41, 5.74) is 5.28. The molecule has 7 nitrogen and oxygen atoms in total. The molecular formula is C38H30N4O3. The predicted molar refractivity (Wildman–Crippen MR) is 178 cm³/mol. The number of aromatic nitrogens is 4. The maximum Gasteiger partial charge on any atom is 0.276 e. The molecule has 45 heavy (non-hydrogen) atoms. The van der Waals surface area contributed by atoms with E-state index in [0.29, 0.717) is 45.2 Å². The van der Waals surface area contributed by atoms with Crippen molar-refractivity contribution in [2.24, 2.45) is 0 Å². The standard InChI is InChI=1S/C38H30N4O3/c1-45-31-25-15-14-24-30(31)32(33-35(26-16-6-2-7-17-26)39-41(37(33)43)28-20-10-4-11-21-28)34-36(27-18-8-3-9-19-27)40-42(38(34)44)29-22-12-5-13-23-29/h2-25,32,39-40H,1H3. The molecule has 0 saturated carbocycles. The maximum atomic E-state index is 14.8. The molecule has 0 bridgehead atoms. The van der Waals surface area contributed by atoms with Crippen molar-refractivity contribution >= 4 is 0 Å². The van der Waals surface area contributed by atoms with E-state index in [4.69, 9.17) is 4.74 Å². The van der Waals surface area contributed by atoms with E-state index in [1.54, 1.807) is 16.5 Å². The average molecular weight is 591 g/mol. The van der Waals surface area contributed by atoms with Gasteiger partial charge in [-0.1, -0.05) is 115 Å². The molecule has 0 aliphatic heterocycles. The SMILES string of the molecule is COc1ccccc1C(c1c(-c2ccccc2)[nH]n(-c2ccccc2)c1=O)c1c(-c2ccccc2)[nH]n(-c2ccccc2)c1=O. The molecule has 0 aliphatic carbocycles. The van der Waals surface area contributed by atoms with Crippen molar-refractivity contribution in [3.63, 3.8) is 0 Å². The molecule has 220 valence electrons. The van der Waals surface area contributed by atoms with Crippen LogP contribution in [0.15, 0.2) is 155 Å². The lowest BCUT2D eigenvalue weighted by Gasteiger charge is -2.20. The van der Waals surface area contributed by atoms with Crippen molar-refractivity contribution in [3.8, 4) is 39.6 Å². The van der Waals surface area contributed by atoms with Gasteiger partial charge in [0.2, 0.25) is 0 Å². The second-order valence-corrected chi connectivity index (χ2v) is 10.7. The highest BCUT2D eigenvalue weighted by Gasteiger charge is 2.35. The van der Waals surface area contributed by atoms with Crippen molar-refractivity contribution in [1.82, 2.24) is 19.6 Å². The largest absolute Gasteiger partial charge is 0.496 e. The lowest BCUT2D eigenvalue weighted by atomic mass is 9.82. The summed E-state index contributed by atoms with van der Waals surface area (Å²) in [6.07, 6.45) is 0. The van der Waals surface area contributed by atoms with Crippen LogP contribution >= 0.6 is 0 Å². The first-order valence-corrected chi connectivity index (χ1v) is 14.7. The van der Waals surface area contributed by atoms with Crippen molar-refractivity contribution in [2.45, 2.75) is 5.92 Å². The minimum absolute atomic E-state index is 0.262. The fourth-order valence-electron chi connectivity index (χ4n) is 5.96. The Bertz CT molecular complexity index is 2040. The Morgan fingerprint density at radius 2 is 0.889 bits per heavy atom. The molecule has 0 unspecified atom stereocenters. The molecule has 5 aromatic carbocycles. The quantitative estimate of drug-likeness (QED) is 0.197. The zero-order valence-electron chi connectivity index (χ0n) is 24.6. The number of aromatic amines is 2. The first-order chi connectivity index (χ1) is 22.2. The van der Waals surface area contributed by atoms with E-state index in [-0.39, 0.29) is 11.1 Å². The molecule has 0 amide bonds. The topological polar surface area (TPSA) is 84.8 Å². The molecule has 0 aliphatic rings. The Labute approximate surface area is 259 Å². The molecule has 0 saturated heterocycles. The van der Waals surface area contributed by atoms with Crippen LogP contribution in [0, 0.1) is 0 Å². The van der Waals surface area contributed by atoms with Crippen LogP contribution in [0.3, 0.4) is 0 Å². The predicted octanol–water partition coefficient (Wildman–Crippen LogP) is 7.17. The van der Waals surface area contributed by atoms with Gasteiger partial charge >= 0.3 is 0 Å². The van der Waals surface area contributed by atoms with Gasteiger partial charge in [-0.05, 0) is 41.5 Å². The number of ether oxygens (including phenoxy) is 1. The van der Waals surface area contributed by atoms with Crippen LogP contribution in [0.5, 0.6) is 5.75 Å². The highest BCUT2D eigenvalue weighted by atomic mass is 16.5. The number of benzene rings is 5. The van der Waals surface area contributed by atoms with Gasteiger partial charge in [-0.3, -0.25) is 19.8 Å². The zero-order chi connectivity index (χ0) is 30.8. The number of H-pyrrole nitrogens is 2. The van der Waals surface area contributed by atoms with Gasteiger partial charge in [-0.2, -0.15) is 0 Å². The summed E-state index contributed by atoms with van der Waals surface area (Å²) in [6.45, 7) is 0. The Kier molecular flexibility index (Phi) is 7.33. The van der Waals surface area contributed by atoms with E-state index in [0.717, 1.165) is 11.1 Å². The number of hydrogen-bond donors (Lipinski definition) is 2. The van der Waals surface area contributed by atoms with Crippen molar-refractivity contribution in [1.29, 1.82) is 0 Å². The highest BCUT2D eigenvalue weighted by molar-refractivity contribution is 5.72. The molecule has 7 rings (SSSR count). The van der Waals surface area contributed by atoms with Crippen LogP contribution < -0.4 is 15.9 Å². The van der Waals surface area contributed by atoms with Crippen LogP contribution in [0.2, 0.25) is 0 Å². The molecule has 0 radical (unpaired) electrons. The summed E-state index contributed by atoms with van der Waals surface area (Å²) < 4.78 is 8.98. The van der Waals surface area contributed by atoms with E-state index in [9.17, 15) is 9.59 Å². The highest BCUT2D eigenvalue weighted by Crippen LogP contribution is 2.41. The molecule has 2 N–H and O–H groups in total. The van der Waals surface area contributed by atoms with Gasteiger partial charge in [0.25, 0.3) is 11.1 Å². The van der Waals surface area contributed by atoms with Crippen LogP contribution in [0.25, 0.3) is 33.9 Å². The van der Waals surface area contributed by atoms with Gasteiger partial charge in [-0.15, -0.1) is 0 Å². The lowest BCUT2D eigenvalue weighted by molar-refractivity contribution is 0.409. The van der Waals surface area contributed by atoms with Crippen molar-refractivity contribution < 1.29 is 4.74 Å². The van der Waals surface area contributed by atoms with Gasteiger partial charge in [0.05, 0.1) is 46.9 Å². The molecule has 0 atom stereocenters. The zero-order valence-corrected chi connectivity index (χ0v) is 24.6. The fraction of sp³-hybridized carbons (Fsp3) is 0.0526. The van der Waals surface area contributed by atoms with Crippen LogP contribution in [0.4, 0.5) is 0 Å². The van der Waals surface area contributed by atoms with E-state index >= 15 is 0 Å². The smallest absolute Gasteiger partial charge is 0.276 e. The van der Waals surface area contributed by atoms with E-state index in [1.807, 2.05) is 146 Å². The van der Waals surface area contributed by atoms with Crippen molar-refractivity contribution in [3.05, 3.63) is 183 Å². The molecule has 2 heterocycles. The number of nitrogens with one attached hydrogen (secondary N) is 2. The van der Waals surface area contributed by atoms with Crippen LogP contribution in [0.1, 0.15) is 22.6 Å². The Morgan fingerprint density at radius 1 is 0.511 bits per heavy atom. The molecule has 7 aromatic rings. The molecule has 2 aromatic heterocycles. The molecular weight excluding hydrogens is 560 g/mol. The van der Waals surface area contributed by atoms with Crippen LogP contribution in [-0.2, 0) is 0 Å².